The molecule has 0 bridgehead atoms. The average Bonchev–Trinajstić information content (AvgIpc) is 2.47. The summed E-state index contributed by atoms with van der Waals surface area (Å²) in [6, 6.07) is 0.518. The van der Waals surface area contributed by atoms with Crippen molar-refractivity contribution in [1.29, 1.82) is 0 Å². The van der Waals surface area contributed by atoms with Gasteiger partial charge in [0.1, 0.15) is 0 Å². The Morgan fingerprint density at radius 1 is 1.67 bits per heavy atom. The quantitative estimate of drug-likeness (QED) is 0.642. The van der Waals surface area contributed by atoms with Gasteiger partial charge in [0.05, 0.1) is 7.11 Å². The lowest BCUT2D eigenvalue weighted by Crippen LogP contribution is -2.26. The summed E-state index contributed by atoms with van der Waals surface area (Å²) in [5.41, 5.74) is 0. The van der Waals surface area contributed by atoms with E-state index in [9.17, 15) is 4.79 Å². The predicted molar refractivity (Wildman–Crippen MR) is 46.8 cm³/mol. The lowest BCUT2D eigenvalue weighted by molar-refractivity contribution is -0.140. The highest BCUT2D eigenvalue weighted by molar-refractivity contribution is 5.69. The van der Waals surface area contributed by atoms with Gasteiger partial charge in [-0.2, -0.15) is 0 Å². The maximum atomic E-state index is 10.8. The zero-order valence-electron chi connectivity index (χ0n) is 7.80. The molecule has 12 heavy (non-hydrogen) atoms. The molecule has 1 heterocycles. The third-order valence-corrected chi connectivity index (χ3v) is 2.58. The number of hydrogen-bond acceptors (Lipinski definition) is 3. The summed E-state index contributed by atoms with van der Waals surface area (Å²) in [4.78, 5) is 10.8. The minimum atomic E-state index is -0.101. The van der Waals surface area contributed by atoms with Crippen LogP contribution in [0.1, 0.15) is 26.2 Å². The van der Waals surface area contributed by atoms with Crippen LogP contribution in [0.4, 0.5) is 0 Å². The van der Waals surface area contributed by atoms with E-state index < -0.39 is 0 Å². The zero-order valence-corrected chi connectivity index (χ0v) is 7.80. The van der Waals surface area contributed by atoms with Crippen molar-refractivity contribution in [2.24, 2.45) is 5.92 Å². The van der Waals surface area contributed by atoms with Gasteiger partial charge in [-0.25, -0.2) is 0 Å². The SMILES string of the molecule is COC(=O)CCC1NCCC1C. The summed E-state index contributed by atoms with van der Waals surface area (Å²) in [5, 5.41) is 3.38. The Morgan fingerprint density at radius 2 is 2.42 bits per heavy atom. The Morgan fingerprint density at radius 3 is 2.92 bits per heavy atom. The summed E-state index contributed by atoms with van der Waals surface area (Å²) in [6.07, 6.45) is 2.68. The minimum Gasteiger partial charge on any atom is -0.469 e. The van der Waals surface area contributed by atoms with Crippen molar-refractivity contribution in [3.05, 3.63) is 0 Å². The normalized spacial score (nSPS) is 28.8. The van der Waals surface area contributed by atoms with Gasteiger partial charge in [-0.05, 0) is 25.3 Å². The molecule has 0 spiro atoms. The van der Waals surface area contributed by atoms with Crippen molar-refractivity contribution in [2.45, 2.75) is 32.2 Å². The zero-order chi connectivity index (χ0) is 8.97. The highest BCUT2D eigenvalue weighted by atomic mass is 16.5. The smallest absolute Gasteiger partial charge is 0.305 e. The first-order valence-corrected chi connectivity index (χ1v) is 4.54. The molecule has 3 nitrogen and oxygen atoms in total. The molecule has 70 valence electrons. The Labute approximate surface area is 73.5 Å². The molecular formula is C9H17NO2. The number of hydrogen-bond donors (Lipinski definition) is 1. The second-order valence-corrected chi connectivity index (χ2v) is 3.44. The summed E-state index contributed by atoms with van der Waals surface area (Å²) >= 11 is 0. The summed E-state index contributed by atoms with van der Waals surface area (Å²) < 4.78 is 4.58. The van der Waals surface area contributed by atoms with E-state index in [4.69, 9.17) is 0 Å². The number of carbonyl (C=O) groups excluding carboxylic acids is 1. The van der Waals surface area contributed by atoms with Crippen LogP contribution in [0.2, 0.25) is 0 Å². The monoisotopic (exact) mass is 171 g/mol. The molecule has 0 amide bonds. The Balaban J connectivity index is 2.18. The third kappa shape index (κ3) is 2.48. The Kier molecular flexibility index (Phi) is 3.53. The summed E-state index contributed by atoms with van der Waals surface area (Å²) in [6.45, 7) is 3.31. The maximum Gasteiger partial charge on any atom is 0.305 e. The number of nitrogens with one attached hydrogen (secondary N) is 1. The van der Waals surface area contributed by atoms with Crippen LogP contribution >= 0.6 is 0 Å². The minimum absolute atomic E-state index is 0.101. The Hall–Kier alpha value is -0.570. The first-order chi connectivity index (χ1) is 5.74. The van der Waals surface area contributed by atoms with Crippen molar-refractivity contribution >= 4 is 5.97 Å². The van der Waals surface area contributed by atoms with Crippen LogP contribution in [0.5, 0.6) is 0 Å². The first-order valence-electron chi connectivity index (χ1n) is 4.54. The number of esters is 1. The van der Waals surface area contributed by atoms with E-state index in [1.54, 1.807) is 0 Å². The van der Waals surface area contributed by atoms with Gasteiger partial charge in [0, 0.05) is 12.5 Å². The molecule has 0 saturated carbocycles. The third-order valence-electron chi connectivity index (χ3n) is 2.58. The fraction of sp³-hybridized carbons (Fsp3) is 0.889. The van der Waals surface area contributed by atoms with Crippen LogP contribution in [0.15, 0.2) is 0 Å². The highest BCUT2D eigenvalue weighted by Gasteiger charge is 2.22. The van der Waals surface area contributed by atoms with Gasteiger partial charge in [-0.15, -0.1) is 0 Å². The molecule has 2 unspecified atom stereocenters. The second-order valence-electron chi connectivity index (χ2n) is 3.44. The molecular weight excluding hydrogens is 154 g/mol. The lowest BCUT2D eigenvalue weighted by Gasteiger charge is -2.13. The molecule has 1 aliphatic rings. The first kappa shape index (κ1) is 9.52. The van der Waals surface area contributed by atoms with Crippen molar-refractivity contribution in [2.75, 3.05) is 13.7 Å². The van der Waals surface area contributed by atoms with Crippen molar-refractivity contribution in [1.82, 2.24) is 5.32 Å². The molecule has 1 aliphatic heterocycles. The number of methoxy groups -OCH3 is 1. The molecule has 0 aliphatic carbocycles. The average molecular weight is 171 g/mol. The van der Waals surface area contributed by atoms with E-state index in [-0.39, 0.29) is 5.97 Å². The maximum absolute atomic E-state index is 10.8. The van der Waals surface area contributed by atoms with Gasteiger partial charge < -0.3 is 10.1 Å². The predicted octanol–water partition coefficient (Wildman–Crippen LogP) is 0.938. The van der Waals surface area contributed by atoms with Gasteiger partial charge in [0.2, 0.25) is 0 Å². The van der Waals surface area contributed by atoms with Gasteiger partial charge in [0.15, 0.2) is 0 Å². The molecule has 0 radical (unpaired) electrons. The molecule has 0 aromatic carbocycles. The van der Waals surface area contributed by atoms with Gasteiger partial charge >= 0.3 is 5.97 Å². The molecule has 1 N–H and O–H groups in total. The standard InChI is InChI=1S/C9H17NO2/c1-7-5-6-10-8(7)3-4-9(11)12-2/h7-8,10H,3-6H2,1-2H3. The van der Waals surface area contributed by atoms with E-state index in [2.05, 4.69) is 17.0 Å². The molecule has 2 atom stereocenters. The van der Waals surface area contributed by atoms with Crippen LogP contribution < -0.4 is 5.32 Å². The van der Waals surface area contributed by atoms with Crippen molar-refractivity contribution in [3.63, 3.8) is 0 Å². The number of carbonyl (C=O) groups is 1. The van der Waals surface area contributed by atoms with Crippen LogP contribution in [-0.2, 0) is 9.53 Å². The van der Waals surface area contributed by atoms with Gasteiger partial charge in [0.25, 0.3) is 0 Å². The summed E-state index contributed by atoms with van der Waals surface area (Å²) in [7, 11) is 1.44. The van der Waals surface area contributed by atoms with Crippen molar-refractivity contribution in [3.8, 4) is 0 Å². The molecule has 1 saturated heterocycles. The van der Waals surface area contributed by atoms with Crippen LogP contribution in [0.3, 0.4) is 0 Å². The van der Waals surface area contributed by atoms with E-state index in [0.29, 0.717) is 18.4 Å². The van der Waals surface area contributed by atoms with E-state index in [0.717, 1.165) is 13.0 Å². The van der Waals surface area contributed by atoms with E-state index in [1.807, 2.05) is 0 Å². The topological polar surface area (TPSA) is 38.3 Å². The fourth-order valence-electron chi connectivity index (χ4n) is 1.66. The van der Waals surface area contributed by atoms with E-state index in [1.165, 1.54) is 13.5 Å². The number of ether oxygens (including phenoxy) is 1. The molecule has 3 heteroatoms. The van der Waals surface area contributed by atoms with Crippen molar-refractivity contribution < 1.29 is 9.53 Å². The summed E-state index contributed by atoms with van der Waals surface area (Å²) in [5.74, 6) is 0.602. The second kappa shape index (κ2) is 4.45. The van der Waals surface area contributed by atoms with Crippen LogP contribution in [-0.4, -0.2) is 25.7 Å². The Bertz CT molecular complexity index is 159. The van der Waals surface area contributed by atoms with Crippen LogP contribution in [0, 0.1) is 5.92 Å². The number of rotatable bonds is 3. The van der Waals surface area contributed by atoms with Crippen LogP contribution in [0.25, 0.3) is 0 Å². The highest BCUT2D eigenvalue weighted by Crippen LogP contribution is 2.18. The van der Waals surface area contributed by atoms with Gasteiger partial charge in [-0.1, -0.05) is 6.92 Å². The lowest BCUT2D eigenvalue weighted by atomic mass is 9.99. The van der Waals surface area contributed by atoms with Gasteiger partial charge in [-0.3, -0.25) is 4.79 Å². The van der Waals surface area contributed by atoms with E-state index >= 15 is 0 Å². The largest absolute Gasteiger partial charge is 0.469 e. The molecule has 1 rings (SSSR count). The molecule has 0 aromatic rings. The molecule has 1 fully saturated rings. The molecule has 0 aromatic heterocycles. The fourth-order valence-corrected chi connectivity index (χ4v) is 1.66.